The van der Waals surface area contributed by atoms with E-state index in [1.165, 1.54) is 0 Å². The minimum Gasteiger partial charge on any atom is -0.496 e. The van der Waals surface area contributed by atoms with E-state index in [1.54, 1.807) is 7.11 Å². The predicted molar refractivity (Wildman–Crippen MR) is 72.4 cm³/mol. The number of alkyl halides is 1. The molecule has 0 radical (unpaired) electrons. The van der Waals surface area contributed by atoms with E-state index in [1.807, 2.05) is 25.1 Å². The summed E-state index contributed by atoms with van der Waals surface area (Å²) >= 11 is 6.80. The lowest BCUT2D eigenvalue weighted by molar-refractivity contribution is -0.118. The minimum atomic E-state index is -0.108. The Hall–Kier alpha value is -0.350. The van der Waals surface area contributed by atoms with Crippen LogP contribution in [0.15, 0.2) is 22.7 Å². The Morgan fingerprint density at radius 3 is 2.75 bits per heavy atom. The topological polar surface area (TPSA) is 26.3 Å². The second-order valence-electron chi connectivity index (χ2n) is 3.46. The zero-order valence-corrected chi connectivity index (χ0v) is 12.5. The summed E-state index contributed by atoms with van der Waals surface area (Å²) in [5.41, 5.74) is 1.09. The summed E-state index contributed by atoms with van der Waals surface area (Å²) in [6.45, 7) is 1.87. The molecule has 1 aromatic rings. The molecule has 1 unspecified atom stereocenters. The van der Waals surface area contributed by atoms with Gasteiger partial charge in [-0.25, -0.2) is 0 Å². The molecule has 0 aliphatic rings. The van der Waals surface area contributed by atoms with E-state index in [2.05, 4.69) is 31.9 Å². The summed E-state index contributed by atoms with van der Waals surface area (Å²) in [5.74, 6) is 1.02. The van der Waals surface area contributed by atoms with Crippen molar-refractivity contribution in [2.75, 3.05) is 7.11 Å². The van der Waals surface area contributed by atoms with Crippen LogP contribution in [0.1, 0.15) is 18.9 Å². The molecule has 0 fully saturated rings. The fourth-order valence-electron chi connectivity index (χ4n) is 1.37. The first-order valence-electron chi connectivity index (χ1n) is 5.07. The third-order valence-electron chi connectivity index (χ3n) is 2.33. The molecule has 16 heavy (non-hydrogen) atoms. The van der Waals surface area contributed by atoms with E-state index in [9.17, 15) is 4.79 Å². The number of hydrogen-bond acceptors (Lipinski definition) is 2. The number of ether oxygens (including phenoxy) is 1. The second-order valence-corrected chi connectivity index (χ2v) is 5.42. The van der Waals surface area contributed by atoms with Gasteiger partial charge in [-0.2, -0.15) is 0 Å². The molecule has 0 amide bonds. The van der Waals surface area contributed by atoms with Gasteiger partial charge in [0.1, 0.15) is 11.5 Å². The third-order valence-corrected chi connectivity index (χ3v) is 3.82. The summed E-state index contributed by atoms with van der Waals surface area (Å²) in [5, 5.41) is 0. The lowest BCUT2D eigenvalue weighted by Gasteiger charge is -2.10. The zero-order chi connectivity index (χ0) is 12.1. The fraction of sp³-hybridized carbons (Fsp3) is 0.417. The van der Waals surface area contributed by atoms with Crippen molar-refractivity contribution in [3.8, 4) is 5.75 Å². The molecule has 0 N–H and O–H groups in total. The van der Waals surface area contributed by atoms with E-state index >= 15 is 0 Å². The number of hydrogen-bond donors (Lipinski definition) is 0. The first-order valence-corrected chi connectivity index (χ1v) is 6.78. The van der Waals surface area contributed by atoms with Gasteiger partial charge in [0.15, 0.2) is 0 Å². The quantitative estimate of drug-likeness (QED) is 0.757. The van der Waals surface area contributed by atoms with Crippen LogP contribution < -0.4 is 4.74 Å². The van der Waals surface area contributed by atoms with Gasteiger partial charge in [0.05, 0.1) is 16.4 Å². The Kier molecular flexibility index (Phi) is 5.49. The minimum absolute atomic E-state index is 0.108. The lowest BCUT2D eigenvalue weighted by Crippen LogP contribution is -2.15. The van der Waals surface area contributed by atoms with Gasteiger partial charge in [0, 0.05) is 6.42 Å². The van der Waals surface area contributed by atoms with Crippen LogP contribution in [0.25, 0.3) is 0 Å². The smallest absolute Gasteiger partial charge is 0.146 e. The van der Waals surface area contributed by atoms with Crippen molar-refractivity contribution < 1.29 is 9.53 Å². The molecule has 0 heterocycles. The molecule has 88 valence electrons. The summed E-state index contributed by atoms with van der Waals surface area (Å²) < 4.78 is 6.13. The van der Waals surface area contributed by atoms with Gasteiger partial charge in [-0.05, 0) is 40.0 Å². The van der Waals surface area contributed by atoms with Gasteiger partial charge in [0.25, 0.3) is 0 Å². The molecule has 0 aromatic heterocycles. The van der Waals surface area contributed by atoms with Gasteiger partial charge in [-0.3, -0.25) is 4.79 Å². The molecule has 1 atom stereocenters. The summed E-state index contributed by atoms with van der Waals surface area (Å²) in [7, 11) is 1.63. The van der Waals surface area contributed by atoms with E-state index in [-0.39, 0.29) is 10.6 Å². The standard InChI is InChI=1S/C12H14Br2O2/c1-3-11(15)10(14)6-8-4-5-9(13)12(7-8)16-2/h4-5,7,10H,3,6H2,1-2H3. The fourth-order valence-corrected chi connectivity index (χ4v) is 2.48. The lowest BCUT2D eigenvalue weighted by atomic mass is 10.1. The Balaban J connectivity index is 2.78. The van der Waals surface area contributed by atoms with Gasteiger partial charge in [-0.1, -0.05) is 28.9 Å². The second kappa shape index (κ2) is 6.40. The average Bonchev–Trinajstić information content (AvgIpc) is 2.30. The van der Waals surface area contributed by atoms with Crippen LogP contribution in [0, 0.1) is 0 Å². The zero-order valence-electron chi connectivity index (χ0n) is 9.30. The maximum atomic E-state index is 11.5. The maximum Gasteiger partial charge on any atom is 0.146 e. The van der Waals surface area contributed by atoms with Crippen molar-refractivity contribution in [3.05, 3.63) is 28.2 Å². The number of carbonyl (C=O) groups is 1. The van der Waals surface area contributed by atoms with Crippen molar-refractivity contribution in [3.63, 3.8) is 0 Å². The first-order chi connectivity index (χ1) is 7.58. The molecule has 1 aromatic carbocycles. The largest absolute Gasteiger partial charge is 0.496 e. The summed E-state index contributed by atoms with van der Waals surface area (Å²) in [4.78, 5) is 11.3. The normalized spacial score (nSPS) is 12.2. The SMILES string of the molecule is CCC(=O)C(Br)Cc1ccc(Br)c(OC)c1. The van der Waals surface area contributed by atoms with Crippen molar-refractivity contribution in [2.24, 2.45) is 0 Å². The first kappa shape index (κ1) is 13.7. The molecule has 4 heteroatoms. The molecule has 0 spiro atoms. The van der Waals surface area contributed by atoms with Gasteiger partial charge < -0.3 is 4.74 Å². The van der Waals surface area contributed by atoms with Crippen LogP contribution >= 0.6 is 31.9 Å². The molecule has 1 rings (SSSR count). The Morgan fingerprint density at radius 1 is 1.50 bits per heavy atom. The van der Waals surface area contributed by atoms with E-state index in [4.69, 9.17) is 4.74 Å². The van der Waals surface area contributed by atoms with Crippen molar-refractivity contribution >= 4 is 37.6 Å². The molecule has 0 aliphatic heterocycles. The van der Waals surface area contributed by atoms with Crippen LogP contribution in [0.3, 0.4) is 0 Å². The number of rotatable bonds is 5. The van der Waals surface area contributed by atoms with E-state index < -0.39 is 0 Å². The molecular formula is C12H14Br2O2. The highest BCUT2D eigenvalue weighted by molar-refractivity contribution is 9.10. The van der Waals surface area contributed by atoms with E-state index in [0.717, 1.165) is 15.8 Å². The maximum absolute atomic E-state index is 11.5. The number of halogens is 2. The summed E-state index contributed by atoms with van der Waals surface area (Å²) in [6, 6.07) is 5.87. The number of ketones is 1. The van der Waals surface area contributed by atoms with Crippen LogP contribution in [0.2, 0.25) is 0 Å². The highest BCUT2D eigenvalue weighted by atomic mass is 79.9. The predicted octanol–water partition coefficient (Wildman–Crippen LogP) is 3.74. The monoisotopic (exact) mass is 348 g/mol. The van der Waals surface area contributed by atoms with Crippen molar-refractivity contribution in [1.29, 1.82) is 0 Å². The molecule has 0 aliphatic carbocycles. The summed E-state index contributed by atoms with van der Waals surface area (Å²) in [6.07, 6.45) is 1.25. The third kappa shape index (κ3) is 3.59. The van der Waals surface area contributed by atoms with Crippen LogP contribution in [-0.4, -0.2) is 17.7 Å². The Labute approximate surface area is 113 Å². The van der Waals surface area contributed by atoms with Crippen LogP contribution in [0.4, 0.5) is 0 Å². The van der Waals surface area contributed by atoms with E-state index in [0.29, 0.717) is 12.8 Å². The molecule has 0 saturated carbocycles. The number of Topliss-reactive ketones (excluding diaryl/α,β-unsaturated/α-hetero) is 1. The van der Waals surface area contributed by atoms with Crippen LogP contribution in [0.5, 0.6) is 5.75 Å². The number of carbonyl (C=O) groups excluding carboxylic acids is 1. The highest BCUT2D eigenvalue weighted by Gasteiger charge is 2.14. The van der Waals surface area contributed by atoms with Crippen LogP contribution in [-0.2, 0) is 11.2 Å². The van der Waals surface area contributed by atoms with Crippen molar-refractivity contribution in [2.45, 2.75) is 24.6 Å². The number of benzene rings is 1. The van der Waals surface area contributed by atoms with Crippen molar-refractivity contribution in [1.82, 2.24) is 0 Å². The van der Waals surface area contributed by atoms with Gasteiger partial charge in [0.2, 0.25) is 0 Å². The highest BCUT2D eigenvalue weighted by Crippen LogP contribution is 2.26. The molecule has 0 bridgehead atoms. The molecular weight excluding hydrogens is 336 g/mol. The average molecular weight is 350 g/mol. The van der Waals surface area contributed by atoms with Gasteiger partial charge in [-0.15, -0.1) is 0 Å². The van der Waals surface area contributed by atoms with Gasteiger partial charge >= 0.3 is 0 Å². The Bertz CT molecular complexity index is 377. The molecule has 2 nitrogen and oxygen atoms in total. The Morgan fingerprint density at radius 2 is 2.19 bits per heavy atom. The molecule has 0 saturated heterocycles. The number of methoxy groups -OCH3 is 1.